The number of amides is 1. The minimum absolute atomic E-state index is 0.0241. The van der Waals surface area contributed by atoms with Gasteiger partial charge in [0.15, 0.2) is 0 Å². The van der Waals surface area contributed by atoms with Gasteiger partial charge in [-0.15, -0.1) is 0 Å². The Balaban J connectivity index is 1.55. The van der Waals surface area contributed by atoms with E-state index in [9.17, 15) is 9.59 Å². The van der Waals surface area contributed by atoms with Gasteiger partial charge in [-0.05, 0) is 31.2 Å². The fraction of sp³-hybridized carbons (Fsp3) is 0.333. The van der Waals surface area contributed by atoms with E-state index in [0.717, 1.165) is 32.7 Å². The van der Waals surface area contributed by atoms with Crippen molar-refractivity contribution in [3.8, 4) is 0 Å². The van der Waals surface area contributed by atoms with E-state index in [0.29, 0.717) is 11.1 Å². The number of carbonyl (C=O) groups is 2. The number of carbonyl (C=O) groups excluding carboxylic acids is 2. The fourth-order valence-electron chi connectivity index (χ4n) is 3.36. The molecular weight excluding hydrogens is 328 g/mol. The molecule has 0 unspecified atom stereocenters. The van der Waals surface area contributed by atoms with Gasteiger partial charge in [-0.3, -0.25) is 4.79 Å². The number of ether oxygens (including phenoxy) is 1. The van der Waals surface area contributed by atoms with Crippen LogP contribution in [0.15, 0.2) is 48.5 Å². The summed E-state index contributed by atoms with van der Waals surface area (Å²) in [6, 6.07) is 15.3. The summed E-state index contributed by atoms with van der Waals surface area (Å²) in [6.07, 6.45) is 0. The minimum atomic E-state index is -0.391. The Morgan fingerprint density at radius 1 is 1.04 bits per heavy atom. The predicted molar refractivity (Wildman–Crippen MR) is 99.3 cm³/mol. The molecule has 3 rings (SSSR count). The molecular formula is C21H25N2O3+. The van der Waals surface area contributed by atoms with Gasteiger partial charge in [0.1, 0.15) is 6.54 Å². The van der Waals surface area contributed by atoms with Crippen LogP contribution in [-0.4, -0.2) is 50.1 Å². The Hall–Kier alpha value is -2.66. The molecule has 0 aromatic heterocycles. The molecule has 0 saturated carbocycles. The van der Waals surface area contributed by atoms with Crippen molar-refractivity contribution in [1.29, 1.82) is 0 Å². The van der Waals surface area contributed by atoms with Crippen LogP contribution in [0.2, 0.25) is 0 Å². The zero-order valence-electron chi connectivity index (χ0n) is 15.3. The van der Waals surface area contributed by atoms with Gasteiger partial charge in [-0.1, -0.05) is 29.8 Å². The van der Waals surface area contributed by atoms with Gasteiger partial charge >= 0.3 is 5.97 Å². The number of benzene rings is 2. The second-order valence-corrected chi connectivity index (χ2v) is 6.78. The second kappa shape index (κ2) is 8.15. The molecule has 5 nitrogen and oxygen atoms in total. The molecule has 1 fully saturated rings. The lowest BCUT2D eigenvalue weighted by atomic mass is 10.1. The summed E-state index contributed by atoms with van der Waals surface area (Å²) >= 11 is 0. The summed E-state index contributed by atoms with van der Waals surface area (Å²) in [7, 11) is 1.35. The van der Waals surface area contributed by atoms with E-state index in [-0.39, 0.29) is 5.91 Å². The van der Waals surface area contributed by atoms with Crippen molar-refractivity contribution in [2.24, 2.45) is 0 Å². The van der Waals surface area contributed by atoms with Crippen LogP contribution < -0.4 is 4.90 Å². The van der Waals surface area contributed by atoms with Gasteiger partial charge in [0.2, 0.25) is 0 Å². The highest BCUT2D eigenvalue weighted by Gasteiger charge is 2.24. The molecule has 1 N–H and O–H groups in total. The quantitative estimate of drug-likeness (QED) is 0.844. The normalized spacial score (nSPS) is 14.9. The van der Waals surface area contributed by atoms with Gasteiger partial charge in [0.25, 0.3) is 5.91 Å². The van der Waals surface area contributed by atoms with Crippen molar-refractivity contribution >= 4 is 11.9 Å². The molecule has 1 heterocycles. The van der Waals surface area contributed by atoms with E-state index >= 15 is 0 Å². The Kier molecular flexibility index (Phi) is 5.68. The summed E-state index contributed by atoms with van der Waals surface area (Å²) in [5.41, 5.74) is 3.69. The van der Waals surface area contributed by atoms with E-state index in [2.05, 4.69) is 35.9 Å². The van der Waals surface area contributed by atoms with Crippen LogP contribution in [0.1, 0.15) is 31.8 Å². The smallest absolute Gasteiger partial charge is 0.337 e. The predicted octanol–water partition coefficient (Wildman–Crippen LogP) is 1.32. The molecule has 5 heteroatoms. The number of piperazine rings is 1. The number of aryl methyl sites for hydroxylation is 1. The lowest BCUT2D eigenvalue weighted by molar-refractivity contribution is -0.917. The first kappa shape index (κ1) is 18.1. The maximum Gasteiger partial charge on any atom is 0.337 e. The number of nitrogens with zero attached hydrogens (tertiary/aromatic N) is 1. The van der Waals surface area contributed by atoms with E-state index in [1.807, 2.05) is 4.90 Å². The van der Waals surface area contributed by atoms with Crippen LogP contribution in [0.3, 0.4) is 0 Å². The van der Waals surface area contributed by atoms with Crippen molar-refractivity contribution in [3.63, 3.8) is 0 Å². The number of methoxy groups -OCH3 is 1. The van der Waals surface area contributed by atoms with Crippen LogP contribution >= 0.6 is 0 Å². The van der Waals surface area contributed by atoms with Gasteiger partial charge in [0.05, 0.1) is 38.9 Å². The van der Waals surface area contributed by atoms with E-state index in [4.69, 9.17) is 0 Å². The van der Waals surface area contributed by atoms with Crippen molar-refractivity contribution in [3.05, 3.63) is 70.8 Å². The second-order valence-electron chi connectivity index (χ2n) is 6.78. The maximum absolute atomic E-state index is 12.7. The van der Waals surface area contributed by atoms with Crippen LogP contribution in [0.5, 0.6) is 0 Å². The van der Waals surface area contributed by atoms with E-state index in [1.165, 1.54) is 23.1 Å². The molecule has 1 saturated heterocycles. The molecule has 0 aliphatic carbocycles. The van der Waals surface area contributed by atoms with Crippen molar-refractivity contribution < 1.29 is 19.2 Å². The number of quaternary nitrogens is 1. The molecule has 1 aliphatic rings. The standard InChI is InChI=1S/C21H24N2O3/c1-16-4-3-5-17(14-16)15-22-10-12-23(13-11-22)20(24)18-6-8-19(9-7-18)21(25)26-2/h3-9,14H,10-13,15H2,1-2H3/p+1. The number of hydrogen-bond acceptors (Lipinski definition) is 3. The van der Waals surface area contributed by atoms with E-state index < -0.39 is 5.97 Å². The largest absolute Gasteiger partial charge is 0.465 e. The molecule has 2 aromatic carbocycles. The topological polar surface area (TPSA) is 51.1 Å². The summed E-state index contributed by atoms with van der Waals surface area (Å²) in [5.74, 6) is -0.367. The van der Waals surface area contributed by atoms with Gasteiger partial charge in [0, 0.05) is 11.1 Å². The molecule has 2 aromatic rings. The van der Waals surface area contributed by atoms with Crippen molar-refractivity contribution in [1.82, 2.24) is 4.90 Å². The Labute approximate surface area is 154 Å². The molecule has 0 bridgehead atoms. The number of esters is 1. The maximum atomic E-state index is 12.7. The van der Waals surface area contributed by atoms with Crippen LogP contribution in [0, 0.1) is 6.92 Å². The molecule has 0 radical (unpaired) electrons. The van der Waals surface area contributed by atoms with Gasteiger partial charge in [-0.25, -0.2) is 4.79 Å². The average Bonchev–Trinajstić information content (AvgIpc) is 2.67. The van der Waals surface area contributed by atoms with Crippen molar-refractivity contribution in [2.45, 2.75) is 13.5 Å². The van der Waals surface area contributed by atoms with Crippen LogP contribution in [0.4, 0.5) is 0 Å². The summed E-state index contributed by atoms with van der Waals surface area (Å²) in [6.45, 7) is 6.50. The minimum Gasteiger partial charge on any atom is -0.465 e. The third-order valence-electron chi connectivity index (χ3n) is 4.85. The van der Waals surface area contributed by atoms with E-state index in [1.54, 1.807) is 24.3 Å². The number of hydrogen-bond donors (Lipinski definition) is 1. The monoisotopic (exact) mass is 353 g/mol. The molecule has 0 atom stereocenters. The summed E-state index contributed by atoms with van der Waals surface area (Å²) < 4.78 is 4.68. The zero-order valence-corrected chi connectivity index (χ0v) is 15.3. The molecule has 1 aliphatic heterocycles. The summed E-state index contributed by atoms with van der Waals surface area (Å²) in [4.78, 5) is 27.5. The van der Waals surface area contributed by atoms with Crippen molar-refractivity contribution in [2.75, 3.05) is 33.3 Å². The van der Waals surface area contributed by atoms with Gasteiger partial charge in [-0.2, -0.15) is 0 Å². The lowest BCUT2D eigenvalue weighted by Gasteiger charge is -2.32. The third kappa shape index (κ3) is 4.29. The third-order valence-corrected chi connectivity index (χ3v) is 4.85. The summed E-state index contributed by atoms with van der Waals surface area (Å²) in [5, 5.41) is 0. The first-order chi connectivity index (χ1) is 12.6. The average molecular weight is 353 g/mol. The van der Waals surface area contributed by atoms with Gasteiger partial charge < -0.3 is 14.5 Å². The first-order valence-corrected chi connectivity index (χ1v) is 8.93. The van der Waals surface area contributed by atoms with Crippen LogP contribution in [-0.2, 0) is 11.3 Å². The number of nitrogens with one attached hydrogen (secondary N) is 1. The highest BCUT2D eigenvalue weighted by atomic mass is 16.5. The Bertz CT molecular complexity index is 778. The molecule has 0 spiro atoms. The SMILES string of the molecule is COC(=O)c1ccc(C(=O)N2CC[NH+](Cc3cccc(C)c3)CC2)cc1. The molecule has 1 amide bonds. The Morgan fingerprint density at radius 3 is 2.31 bits per heavy atom. The zero-order chi connectivity index (χ0) is 18.5. The number of rotatable bonds is 4. The lowest BCUT2D eigenvalue weighted by Crippen LogP contribution is -3.13. The first-order valence-electron chi connectivity index (χ1n) is 8.93. The fourth-order valence-corrected chi connectivity index (χ4v) is 3.36. The highest BCUT2D eigenvalue weighted by Crippen LogP contribution is 2.09. The Morgan fingerprint density at radius 2 is 1.69 bits per heavy atom. The van der Waals surface area contributed by atoms with Crippen LogP contribution in [0.25, 0.3) is 0 Å². The molecule has 26 heavy (non-hydrogen) atoms. The highest BCUT2D eigenvalue weighted by molar-refractivity contribution is 5.96. The molecule has 136 valence electrons.